The zero-order valence-corrected chi connectivity index (χ0v) is 10.6. The lowest BCUT2D eigenvalue weighted by molar-refractivity contribution is -0.121. The van der Waals surface area contributed by atoms with Crippen LogP contribution in [0.25, 0.3) is 0 Å². The van der Waals surface area contributed by atoms with Crippen LogP contribution >= 0.6 is 11.6 Å². The Morgan fingerprint density at radius 1 is 1.50 bits per heavy atom. The molecule has 0 aliphatic carbocycles. The van der Waals surface area contributed by atoms with Gasteiger partial charge < -0.3 is 5.73 Å². The van der Waals surface area contributed by atoms with Crippen LogP contribution in [0.2, 0.25) is 5.02 Å². The van der Waals surface area contributed by atoms with Crippen molar-refractivity contribution in [2.45, 2.75) is 26.7 Å². The van der Waals surface area contributed by atoms with Crippen molar-refractivity contribution >= 4 is 17.4 Å². The van der Waals surface area contributed by atoms with Crippen LogP contribution in [-0.2, 0) is 11.2 Å². The predicted octanol–water partition coefficient (Wildman–Crippen LogP) is 2.74. The van der Waals surface area contributed by atoms with Crippen LogP contribution in [0.15, 0.2) is 18.2 Å². The van der Waals surface area contributed by atoms with Crippen molar-refractivity contribution in [1.82, 2.24) is 0 Å². The zero-order chi connectivity index (χ0) is 12.1. The van der Waals surface area contributed by atoms with E-state index in [1.165, 1.54) is 0 Å². The van der Waals surface area contributed by atoms with Crippen LogP contribution in [0, 0.1) is 12.8 Å². The van der Waals surface area contributed by atoms with Gasteiger partial charge >= 0.3 is 0 Å². The Hall–Kier alpha value is -0.860. The van der Waals surface area contributed by atoms with Gasteiger partial charge in [-0.15, -0.1) is 0 Å². The van der Waals surface area contributed by atoms with Crippen molar-refractivity contribution in [1.29, 1.82) is 0 Å². The molecule has 0 aliphatic rings. The summed E-state index contributed by atoms with van der Waals surface area (Å²) in [6, 6.07) is 5.78. The molecule has 2 N–H and O–H groups in total. The average Bonchev–Trinajstić information content (AvgIpc) is 2.22. The summed E-state index contributed by atoms with van der Waals surface area (Å²) in [5.74, 6) is 0.221. The monoisotopic (exact) mass is 239 g/mol. The standard InChI is InChI=1S/C13H18ClNO/c1-9-3-4-11(12(14)7-9)8-13(16)10(2)5-6-15/h3-4,7,10H,5-6,8,15H2,1-2H3. The predicted molar refractivity (Wildman–Crippen MR) is 67.7 cm³/mol. The van der Waals surface area contributed by atoms with Gasteiger partial charge in [-0.3, -0.25) is 4.79 Å². The topological polar surface area (TPSA) is 43.1 Å². The minimum atomic E-state index is 0.0161. The second-order valence-corrected chi connectivity index (χ2v) is 4.62. The highest BCUT2D eigenvalue weighted by Crippen LogP contribution is 2.19. The zero-order valence-electron chi connectivity index (χ0n) is 9.79. The van der Waals surface area contributed by atoms with Gasteiger partial charge in [-0.25, -0.2) is 0 Å². The maximum Gasteiger partial charge on any atom is 0.140 e. The lowest BCUT2D eigenvalue weighted by Crippen LogP contribution is -2.17. The molecule has 0 amide bonds. The summed E-state index contributed by atoms with van der Waals surface area (Å²) in [6.45, 7) is 4.44. The highest BCUT2D eigenvalue weighted by molar-refractivity contribution is 6.31. The van der Waals surface area contributed by atoms with Gasteiger partial charge in [0.2, 0.25) is 0 Å². The van der Waals surface area contributed by atoms with Crippen molar-refractivity contribution in [2.75, 3.05) is 6.54 Å². The number of aryl methyl sites for hydroxylation is 1. The summed E-state index contributed by atoms with van der Waals surface area (Å²) < 4.78 is 0. The van der Waals surface area contributed by atoms with Crippen LogP contribution in [0.4, 0.5) is 0 Å². The molecule has 0 aliphatic heterocycles. The van der Waals surface area contributed by atoms with Crippen molar-refractivity contribution in [3.05, 3.63) is 34.3 Å². The van der Waals surface area contributed by atoms with Gasteiger partial charge in [-0.05, 0) is 37.1 Å². The summed E-state index contributed by atoms with van der Waals surface area (Å²) in [5.41, 5.74) is 7.44. The summed E-state index contributed by atoms with van der Waals surface area (Å²) in [4.78, 5) is 11.8. The SMILES string of the molecule is Cc1ccc(CC(=O)C(C)CCN)c(Cl)c1. The fraction of sp³-hybridized carbons (Fsp3) is 0.462. The number of halogens is 1. The molecule has 0 saturated heterocycles. The Morgan fingerprint density at radius 3 is 2.75 bits per heavy atom. The normalized spacial score (nSPS) is 12.5. The van der Waals surface area contributed by atoms with Gasteiger partial charge in [-0.1, -0.05) is 30.7 Å². The van der Waals surface area contributed by atoms with Gasteiger partial charge in [0.05, 0.1) is 0 Å². The third-order valence-corrected chi connectivity index (χ3v) is 3.07. The van der Waals surface area contributed by atoms with Gasteiger partial charge in [0.1, 0.15) is 5.78 Å². The Bertz CT molecular complexity index is 376. The number of carbonyl (C=O) groups excluding carboxylic acids is 1. The number of rotatable bonds is 5. The third kappa shape index (κ3) is 3.62. The van der Waals surface area contributed by atoms with Gasteiger partial charge in [-0.2, -0.15) is 0 Å². The summed E-state index contributed by atoms with van der Waals surface area (Å²) in [6.07, 6.45) is 1.14. The van der Waals surface area contributed by atoms with E-state index in [0.717, 1.165) is 17.5 Å². The van der Waals surface area contributed by atoms with Crippen LogP contribution in [0.1, 0.15) is 24.5 Å². The molecule has 0 aromatic heterocycles. The van der Waals surface area contributed by atoms with Gasteiger partial charge in [0, 0.05) is 17.4 Å². The second kappa shape index (κ2) is 6.02. The van der Waals surface area contributed by atoms with Gasteiger partial charge in [0.15, 0.2) is 0 Å². The van der Waals surface area contributed by atoms with E-state index in [-0.39, 0.29) is 11.7 Å². The van der Waals surface area contributed by atoms with Crippen LogP contribution in [-0.4, -0.2) is 12.3 Å². The second-order valence-electron chi connectivity index (χ2n) is 4.22. The van der Waals surface area contributed by atoms with E-state index >= 15 is 0 Å². The number of ketones is 1. The molecule has 0 heterocycles. The molecule has 0 fully saturated rings. The number of hydrogen-bond acceptors (Lipinski definition) is 2. The molecule has 2 nitrogen and oxygen atoms in total. The molecule has 1 aromatic rings. The van der Waals surface area contributed by atoms with Gasteiger partial charge in [0.25, 0.3) is 0 Å². The Kier molecular flexibility index (Phi) is 4.97. The quantitative estimate of drug-likeness (QED) is 0.859. The molecule has 1 aromatic carbocycles. The Labute approximate surface area is 102 Å². The molecule has 0 bridgehead atoms. The van der Waals surface area contributed by atoms with Crippen LogP contribution in [0.3, 0.4) is 0 Å². The fourth-order valence-corrected chi connectivity index (χ4v) is 1.87. The fourth-order valence-electron chi connectivity index (χ4n) is 1.57. The Balaban J connectivity index is 2.69. The van der Waals surface area contributed by atoms with Crippen LogP contribution in [0.5, 0.6) is 0 Å². The smallest absolute Gasteiger partial charge is 0.140 e. The average molecular weight is 240 g/mol. The Morgan fingerprint density at radius 2 is 2.19 bits per heavy atom. The molecule has 1 rings (SSSR count). The maximum absolute atomic E-state index is 11.8. The first-order valence-corrected chi connectivity index (χ1v) is 5.90. The van der Waals surface area contributed by atoms with Crippen molar-refractivity contribution in [2.24, 2.45) is 11.7 Å². The minimum absolute atomic E-state index is 0.0161. The molecular weight excluding hydrogens is 222 g/mol. The van der Waals surface area contributed by atoms with Crippen LogP contribution < -0.4 is 5.73 Å². The van der Waals surface area contributed by atoms with E-state index in [4.69, 9.17) is 17.3 Å². The number of benzene rings is 1. The molecule has 16 heavy (non-hydrogen) atoms. The third-order valence-electron chi connectivity index (χ3n) is 2.72. The molecule has 1 unspecified atom stereocenters. The first kappa shape index (κ1) is 13.2. The van der Waals surface area contributed by atoms with Crippen molar-refractivity contribution in [3.8, 4) is 0 Å². The number of carbonyl (C=O) groups is 1. The highest BCUT2D eigenvalue weighted by atomic mass is 35.5. The van der Waals surface area contributed by atoms with Crippen molar-refractivity contribution in [3.63, 3.8) is 0 Å². The number of hydrogen-bond donors (Lipinski definition) is 1. The van der Waals surface area contributed by atoms with Crippen molar-refractivity contribution < 1.29 is 4.79 Å². The lowest BCUT2D eigenvalue weighted by atomic mass is 9.96. The number of Topliss-reactive ketones (excluding diaryl/α,β-unsaturated/α-hetero) is 1. The van der Waals surface area contributed by atoms with E-state index < -0.39 is 0 Å². The first-order valence-electron chi connectivity index (χ1n) is 5.52. The summed E-state index contributed by atoms with van der Waals surface area (Å²) >= 11 is 6.08. The molecule has 88 valence electrons. The first-order chi connectivity index (χ1) is 7.54. The van der Waals surface area contributed by atoms with E-state index in [0.29, 0.717) is 18.0 Å². The lowest BCUT2D eigenvalue weighted by Gasteiger charge is -2.10. The summed E-state index contributed by atoms with van der Waals surface area (Å²) in [7, 11) is 0. The largest absolute Gasteiger partial charge is 0.330 e. The number of nitrogens with two attached hydrogens (primary N) is 1. The summed E-state index contributed by atoms with van der Waals surface area (Å²) in [5, 5.41) is 0.674. The molecular formula is C13H18ClNO. The molecule has 0 spiro atoms. The molecule has 3 heteroatoms. The van der Waals surface area contributed by atoms with E-state index in [1.807, 2.05) is 32.0 Å². The van der Waals surface area contributed by atoms with E-state index in [1.54, 1.807) is 0 Å². The molecule has 1 atom stereocenters. The maximum atomic E-state index is 11.8. The highest BCUT2D eigenvalue weighted by Gasteiger charge is 2.14. The molecule has 0 radical (unpaired) electrons. The van der Waals surface area contributed by atoms with E-state index in [2.05, 4.69) is 0 Å². The molecule has 0 saturated carbocycles. The minimum Gasteiger partial charge on any atom is -0.330 e. The van der Waals surface area contributed by atoms with E-state index in [9.17, 15) is 4.79 Å².